The van der Waals surface area contributed by atoms with Crippen molar-refractivity contribution in [3.63, 3.8) is 0 Å². The van der Waals surface area contributed by atoms with Gasteiger partial charge in [-0.25, -0.2) is 4.79 Å². The monoisotopic (exact) mass is 251 g/mol. The summed E-state index contributed by atoms with van der Waals surface area (Å²) in [5.74, 6) is -2.81. The number of phenolic OH excluding ortho intramolecular Hbond substituents is 2. The molecular formula is C12H13NO5. The molecule has 0 saturated heterocycles. The average molecular weight is 251 g/mol. The molecule has 6 nitrogen and oxygen atoms in total. The number of benzene rings is 1. The molecule has 1 aliphatic carbocycles. The number of carbonyl (C=O) groups excluding carboxylic acids is 1. The number of carboxylic acids is 1. The maximum Gasteiger partial charge on any atom is 0.326 e. The smallest absolute Gasteiger partial charge is 0.326 e. The Hall–Kier alpha value is -2.24. The van der Waals surface area contributed by atoms with Gasteiger partial charge in [0, 0.05) is 0 Å². The van der Waals surface area contributed by atoms with Crippen molar-refractivity contribution in [1.82, 2.24) is 5.32 Å². The molecule has 0 heterocycles. The third kappa shape index (κ3) is 2.37. The van der Waals surface area contributed by atoms with Gasteiger partial charge in [-0.2, -0.15) is 0 Å². The highest BCUT2D eigenvalue weighted by atomic mass is 16.4. The summed E-state index contributed by atoms with van der Waals surface area (Å²) in [6, 6.07) is 3.01. The van der Waals surface area contributed by atoms with Gasteiger partial charge in [0.15, 0.2) is 11.5 Å². The molecule has 1 amide bonds. The summed E-state index contributed by atoms with van der Waals surface area (Å²) in [6.07, 6.45) is 1.53. The fourth-order valence-electron chi connectivity index (χ4n) is 1.74. The SMILES string of the molecule is O=C(NC(C(=O)O)C1CC1)c1cccc(O)c1O. The van der Waals surface area contributed by atoms with E-state index in [-0.39, 0.29) is 11.5 Å². The van der Waals surface area contributed by atoms with Crippen LogP contribution in [0.3, 0.4) is 0 Å². The summed E-state index contributed by atoms with van der Waals surface area (Å²) in [4.78, 5) is 22.8. The summed E-state index contributed by atoms with van der Waals surface area (Å²) >= 11 is 0. The highest BCUT2D eigenvalue weighted by Crippen LogP contribution is 2.33. The van der Waals surface area contributed by atoms with Crippen LogP contribution in [-0.2, 0) is 4.79 Å². The van der Waals surface area contributed by atoms with E-state index in [2.05, 4.69) is 5.32 Å². The summed E-state index contributed by atoms with van der Waals surface area (Å²) < 4.78 is 0. The van der Waals surface area contributed by atoms with Crippen molar-refractivity contribution in [3.8, 4) is 11.5 Å². The summed E-state index contributed by atoms with van der Waals surface area (Å²) in [6.45, 7) is 0. The second kappa shape index (κ2) is 4.56. The molecule has 18 heavy (non-hydrogen) atoms. The molecule has 1 unspecified atom stereocenters. The maximum absolute atomic E-state index is 11.8. The van der Waals surface area contributed by atoms with Crippen LogP contribution >= 0.6 is 0 Å². The number of hydrogen-bond acceptors (Lipinski definition) is 4. The lowest BCUT2D eigenvalue weighted by Crippen LogP contribution is -2.42. The number of para-hydroxylation sites is 1. The number of hydrogen-bond donors (Lipinski definition) is 4. The lowest BCUT2D eigenvalue weighted by Gasteiger charge is -2.14. The van der Waals surface area contributed by atoms with Gasteiger partial charge in [-0.05, 0) is 30.9 Å². The van der Waals surface area contributed by atoms with Crippen LogP contribution in [0, 0.1) is 5.92 Å². The quantitative estimate of drug-likeness (QED) is 0.589. The van der Waals surface area contributed by atoms with Crippen molar-refractivity contribution in [1.29, 1.82) is 0 Å². The predicted molar refractivity (Wildman–Crippen MR) is 61.4 cm³/mol. The minimum absolute atomic E-state index is 0.0501. The summed E-state index contributed by atoms with van der Waals surface area (Å²) in [7, 11) is 0. The molecule has 1 aliphatic rings. The lowest BCUT2D eigenvalue weighted by atomic mass is 10.1. The number of aliphatic carboxylic acids is 1. The second-order valence-electron chi connectivity index (χ2n) is 4.30. The molecule has 0 radical (unpaired) electrons. The van der Waals surface area contributed by atoms with Gasteiger partial charge in [-0.1, -0.05) is 6.07 Å². The number of rotatable bonds is 4. The highest BCUT2D eigenvalue weighted by molar-refractivity contribution is 5.99. The van der Waals surface area contributed by atoms with Crippen LogP contribution in [0.25, 0.3) is 0 Å². The van der Waals surface area contributed by atoms with E-state index in [1.54, 1.807) is 0 Å². The van der Waals surface area contributed by atoms with Crippen molar-refractivity contribution in [3.05, 3.63) is 23.8 Å². The fraction of sp³-hybridized carbons (Fsp3) is 0.333. The first kappa shape index (κ1) is 12.2. The molecule has 2 rings (SSSR count). The van der Waals surface area contributed by atoms with E-state index in [1.165, 1.54) is 18.2 Å². The Morgan fingerprint density at radius 2 is 1.94 bits per heavy atom. The zero-order valence-electron chi connectivity index (χ0n) is 9.46. The molecule has 1 fully saturated rings. The molecule has 0 aliphatic heterocycles. The Morgan fingerprint density at radius 3 is 2.50 bits per heavy atom. The van der Waals surface area contributed by atoms with Crippen molar-refractivity contribution in [2.75, 3.05) is 0 Å². The van der Waals surface area contributed by atoms with Gasteiger partial charge < -0.3 is 20.6 Å². The van der Waals surface area contributed by atoms with Crippen LogP contribution in [-0.4, -0.2) is 33.2 Å². The molecule has 4 N–H and O–H groups in total. The molecule has 0 bridgehead atoms. The van der Waals surface area contributed by atoms with Gasteiger partial charge in [0.05, 0.1) is 5.56 Å². The van der Waals surface area contributed by atoms with Gasteiger partial charge >= 0.3 is 5.97 Å². The van der Waals surface area contributed by atoms with E-state index in [4.69, 9.17) is 5.11 Å². The standard InChI is InChI=1S/C12H13NO5/c14-8-3-1-2-7(10(8)15)11(16)13-9(12(17)18)6-4-5-6/h1-3,6,9,14-15H,4-5H2,(H,13,16)(H,17,18). The Kier molecular flexibility index (Phi) is 3.10. The Labute approximate surface area is 103 Å². The fourth-order valence-corrected chi connectivity index (χ4v) is 1.74. The molecule has 1 aromatic rings. The minimum Gasteiger partial charge on any atom is -0.504 e. The van der Waals surface area contributed by atoms with Crippen molar-refractivity contribution >= 4 is 11.9 Å². The zero-order chi connectivity index (χ0) is 13.3. The molecule has 1 atom stereocenters. The van der Waals surface area contributed by atoms with Gasteiger partial charge in [-0.3, -0.25) is 4.79 Å². The predicted octanol–water partition coefficient (Wildman–Crippen LogP) is 0.691. The van der Waals surface area contributed by atoms with Gasteiger partial charge in [0.25, 0.3) is 5.91 Å². The van der Waals surface area contributed by atoms with E-state index in [0.717, 1.165) is 12.8 Å². The second-order valence-corrected chi connectivity index (χ2v) is 4.30. The summed E-state index contributed by atoms with van der Waals surface area (Å²) in [5.41, 5.74) is -0.137. The largest absolute Gasteiger partial charge is 0.504 e. The van der Waals surface area contributed by atoms with E-state index >= 15 is 0 Å². The maximum atomic E-state index is 11.8. The molecular weight excluding hydrogens is 238 g/mol. The van der Waals surface area contributed by atoms with Crippen molar-refractivity contribution in [2.45, 2.75) is 18.9 Å². The molecule has 1 aromatic carbocycles. The molecule has 96 valence electrons. The van der Waals surface area contributed by atoms with Gasteiger partial charge in [0.1, 0.15) is 6.04 Å². The Morgan fingerprint density at radius 1 is 1.28 bits per heavy atom. The third-order valence-corrected chi connectivity index (χ3v) is 2.91. The Bertz CT molecular complexity index is 495. The van der Waals surface area contributed by atoms with Crippen LogP contribution in [0.2, 0.25) is 0 Å². The molecule has 1 saturated carbocycles. The van der Waals surface area contributed by atoms with Crippen LogP contribution in [0.5, 0.6) is 11.5 Å². The number of amides is 1. The van der Waals surface area contributed by atoms with Crippen LogP contribution < -0.4 is 5.32 Å². The van der Waals surface area contributed by atoms with Crippen molar-refractivity contribution in [2.24, 2.45) is 5.92 Å². The van der Waals surface area contributed by atoms with Crippen molar-refractivity contribution < 1.29 is 24.9 Å². The molecule has 0 aromatic heterocycles. The zero-order valence-corrected chi connectivity index (χ0v) is 9.46. The topological polar surface area (TPSA) is 107 Å². The van der Waals surface area contributed by atoms with Crippen LogP contribution in [0.15, 0.2) is 18.2 Å². The van der Waals surface area contributed by atoms with E-state index in [9.17, 15) is 19.8 Å². The lowest BCUT2D eigenvalue weighted by molar-refractivity contribution is -0.139. The van der Waals surface area contributed by atoms with E-state index in [0.29, 0.717) is 0 Å². The highest BCUT2D eigenvalue weighted by Gasteiger charge is 2.37. The Balaban J connectivity index is 2.16. The number of phenols is 2. The average Bonchev–Trinajstić information content (AvgIpc) is 3.13. The van der Waals surface area contributed by atoms with E-state index in [1.807, 2.05) is 0 Å². The molecule has 0 spiro atoms. The number of nitrogens with one attached hydrogen (secondary N) is 1. The van der Waals surface area contributed by atoms with Gasteiger partial charge in [0.2, 0.25) is 0 Å². The van der Waals surface area contributed by atoms with Gasteiger partial charge in [-0.15, -0.1) is 0 Å². The normalized spacial score (nSPS) is 16.0. The number of carboxylic acid groups (broad SMARTS) is 1. The van der Waals surface area contributed by atoms with Crippen LogP contribution in [0.4, 0.5) is 0 Å². The first-order valence-corrected chi connectivity index (χ1v) is 5.55. The third-order valence-electron chi connectivity index (χ3n) is 2.91. The summed E-state index contributed by atoms with van der Waals surface area (Å²) in [5, 5.41) is 30.1. The van der Waals surface area contributed by atoms with Crippen LogP contribution in [0.1, 0.15) is 23.2 Å². The first-order chi connectivity index (χ1) is 8.50. The van der Waals surface area contributed by atoms with E-state index < -0.39 is 29.4 Å². The molecule has 6 heteroatoms. The minimum atomic E-state index is -1.09. The number of carbonyl (C=O) groups is 2. The number of aromatic hydroxyl groups is 2. The first-order valence-electron chi connectivity index (χ1n) is 5.55.